The molecule has 0 spiro atoms. The first-order chi connectivity index (χ1) is 7.91. The van der Waals surface area contributed by atoms with E-state index in [0.29, 0.717) is 0 Å². The van der Waals surface area contributed by atoms with Crippen LogP contribution in [0.4, 0.5) is 0 Å². The smallest absolute Gasteiger partial charge is 0.334 e. The third-order valence-corrected chi connectivity index (χ3v) is 2.62. The number of aliphatic hydroxyl groups excluding tert-OH is 1. The SMILES string of the molecule is O=C(NCC(O)C(=O)O)c1cc(I)ccc1O. The molecule has 0 aliphatic carbocycles. The number of aromatic hydroxyl groups is 1. The monoisotopic (exact) mass is 351 g/mol. The molecule has 92 valence electrons. The van der Waals surface area contributed by atoms with Gasteiger partial charge in [-0.3, -0.25) is 4.79 Å². The Balaban J connectivity index is 2.70. The number of carboxylic acids is 1. The van der Waals surface area contributed by atoms with Crippen molar-refractivity contribution in [2.45, 2.75) is 6.10 Å². The number of benzene rings is 1. The summed E-state index contributed by atoms with van der Waals surface area (Å²) in [6.45, 7) is -0.418. The number of phenolic OH excluding ortho intramolecular Hbond substituents is 1. The summed E-state index contributed by atoms with van der Waals surface area (Å²) >= 11 is 1.97. The number of carboxylic acid groups (broad SMARTS) is 1. The van der Waals surface area contributed by atoms with E-state index in [-0.39, 0.29) is 11.3 Å². The highest BCUT2D eigenvalue weighted by molar-refractivity contribution is 14.1. The summed E-state index contributed by atoms with van der Waals surface area (Å²) in [5.41, 5.74) is 0.0366. The maximum atomic E-state index is 11.6. The number of rotatable bonds is 4. The van der Waals surface area contributed by atoms with Gasteiger partial charge in [0.05, 0.1) is 12.1 Å². The second-order valence-electron chi connectivity index (χ2n) is 3.23. The van der Waals surface area contributed by atoms with E-state index in [9.17, 15) is 14.7 Å². The lowest BCUT2D eigenvalue weighted by Crippen LogP contribution is -2.36. The lowest BCUT2D eigenvalue weighted by atomic mass is 10.2. The molecule has 0 aliphatic rings. The van der Waals surface area contributed by atoms with E-state index in [2.05, 4.69) is 5.32 Å². The van der Waals surface area contributed by atoms with Gasteiger partial charge in [-0.1, -0.05) is 0 Å². The lowest BCUT2D eigenvalue weighted by Gasteiger charge is -2.09. The number of halogens is 1. The van der Waals surface area contributed by atoms with Crippen molar-refractivity contribution in [3.05, 3.63) is 27.3 Å². The van der Waals surface area contributed by atoms with Crippen molar-refractivity contribution >= 4 is 34.5 Å². The molecule has 0 bridgehead atoms. The van der Waals surface area contributed by atoms with Crippen LogP contribution in [0.15, 0.2) is 18.2 Å². The summed E-state index contributed by atoms with van der Waals surface area (Å²) in [6, 6.07) is 4.45. The Kier molecular flexibility index (Phi) is 4.70. The highest BCUT2D eigenvalue weighted by atomic mass is 127. The fourth-order valence-corrected chi connectivity index (χ4v) is 1.55. The minimum absolute atomic E-state index is 0.0366. The molecule has 0 aliphatic heterocycles. The first-order valence-corrected chi connectivity index (χ1v) is 5.67. The van der Waals surface area contributed by atoms with E-state index in [1.165, 1.54) is 12.1 Å². The van der Waals surface area contributed by atoms with Gasteiger partial charge in [0, 0.05) is 3.57 Å². The molecule has 6 nitrogen and oxygen atoms in total. The predicted molar refractivity (Wildman–Crippen MR) is 66.8 cm³/mol. The van der Waals surface area contributed by atoms with E-state index in [4.69, 9.17) is 10.2 Å². The van der Waals surface area contributed by atoms with E-state index in [0.717, 1.165) is 3.57 Å². The summed E-state index contributed by atoms with van der Waals surface area (Å²) in [5, 5.41) is 29.0. The van der Waals surface area contributed by atoms with Crippen LogP contribution in [0.3, 0.4) is 0 Å². The summed E-state index contributed by atoms with van der Waals surface area (Å²) in [4.78, 5) is 21.9. The zero-order chi connectivity index (χ0) is 13.0. The quantitative estimate of drug-likeness (QED) is 0.579. The van der Waals surface area contributed by atoms with Gasteiger partial charge in [0.15, 0.2) is 6.10 Å². The summed E-state index contributed by atoms with van der Waals surface area (Å²) in [7, 11) is 0. The first-order valence-electron chi connectivity index (χ1n) is 4.59. The summed E-state index contributed by atoms with van der Waals surface area (Å²) < 4.78 is 0.754. The minimum atomic E-state index is -1.66. The molecule has 1 rings (SSSR count). The van der Waals surface area contributed by atoms with Gasteiger partial charge in [0.2, 0.25) is 0 Å². The molecular formula is C10H10INO5. The number of hydrogen-bond donors (Lipinski definition) is 4. The summed E-state index contributed by atoms with van der Waals surface area (Å²) in [5.74, 6) is -2.26. The zero-order valence-electron chi connectivity index (χ0n) is 8.55. The van der Waals surface area contributed by atoms with Gasteiger partial charge in [-0.25, -0.2) is 4.79 Å². The Bertz CT molecular complexity index is 448. The Morgan fingerprint density at radius 2 is 2.06 bits per heavy atom. The molecule has 1 aromatic carbocycles. The highest BCUT2D eigenvalue weighted by Crippen LogP contribution is 2.19. The van der Waals surface area contributed by atoms with Crippen LogP contribution in [0, 0.1) is 3.57 Å². The van der Waals surface area contributed by atoms with Crippen molar-refractivity contribution in [2.75, 3.05) is 6.54 Å². The molecule has 7 heteroatoms. The molecule has 0 radical (unpaired) electrons. The van der Waals surface area contributed by atoms with Gasteiger partial charge in [0.1, 0.15) is 5.75 Å². The van der Waals surface area contributed by atoms with E-state index >= 15 is 0 Å². The molecule has 0 saturated heterocycles. The number of nitrogens with one attached hydrogen (secondary N) is 1. The molecule has 17 heavy (non-hydrogen) atoms. The van der Waals surface area contributed by atoms with Crippen LogP contribution in [0.5, 0.6) is 5.75 Å². The van der Waals surface area contributed by atoms with Gasteiger partial charge < -0.3 is 20.6 Å². The van der Waals surface area contributed by atoms with Crippen LogP contribution in [0.1, 0.15) is 10.4 Å². The average molecular weight is 351 g/mol. The number of aliphatic hydroxyl groups is 1. The molecule has 0 fully saturated rings. The van der Waals surface area contributed by atoms with Crippen LogP contribution in [0.25, 0.3) is 0 Å². The number of carbonyl (C=O) groups is 2. The minimum Gasteiger partial charge on any atom is -0.507 e. The largest absolute Gasteiger partial charge is 0.507 e. The molecule has 0 heterocycles. The topological polar surface area (TPSA) is 107 Å². The maximum absolute atomic E-state index is 11.6. The normalized spacial score (nSPS) is 11.9. The fraction of sp³-hybridized carbons (Fsp3) is 0.200. The van der Waals surface area contributed by atoms with Crippen LogP contribution in [0.2, 0.25) is 0 Å². The first kappa shape index (κ1) is 13.7. The van der Waals surface area contributed by atoms with Crippen molar-refractivity contribution < 1.29 is 24.9 Å². The number of aliphatic carboxylic acids is 1. The lowest BCUT2D eigenvalue weighted by molar-refractivity contribution is -0.146. The Morgan fingerprint density at radius 1 is 1.41 bits per heavy atom. The molecule has 1 unspecified atom stereocenters. The van der Waals surface area contributed by atoms with Gasteiger partial charge in [-0.05, 0) is 40.8 Å². The maximum Gasteiger partial charge on any atom is 0.334 e. The highest BCUT2D eigenvalue weighted by Gasteiger charge is 2.16. The van der Waals surface area contributed by atoms with Crippen LogP contribution in [-0.2, 0) is 4.79 Å². The molecule has 0 saturated carbocycles. The van der Waals surface area contributed by atoms with Crippen molar-refractivity contribution in [2.24, 2.45) is 0 Å². The number of carbonyl (C=O) groups excluding carboxylic acids is 1. The third kappa shape index (κ3) is 3.86. The second kappa shape index (κ2) is 5.82. The Labute approximate surface area is 110 Å². The number of amides is 1. The molecular weight excluding hydrogens is 341 g/mol. The molecule has 1 aromatic rings. The van der Waals surface area contributed by atoms with E-state index < -0.39 is 24.5 Å². The standard InChI is InChI=1S/C10H10INO5/c11-5-1-2-7(13)6(3-5)9(15)12-4-8(14)10(16)17/h1-3,8,13-14H,4H2,(H,12,15)(H,16,17). The van der Waals surface area contributed by atoms with E-state index in [1.54, 1.807) is 6.07 Å². The number of hydrogen-bond acceptors (Lipinski definition) is 4. The average Bonchev–Trinajstić information content (AvgIpc) is 2.28. The van der Waals surface area contributed by atoms with Gasteiger partial charge in [-0.15, -0.1) is 0 Å². The third-order valence-electron chi connectivity index (χ3n) is 1.94. The molecule has 0 aromatic heterocycles. The predicted octanol–water partition coefficient (Wildman–Crippen LogP) is 0.172. The van der Waals surface area contributed by atoms with Crippen molar-refractivity contribution in [1.29, 1.82) is 0 Å². The summed E-state index contributed by atoms with van der Waals surface area (Å²) in [6.07, 6.45) is -1.66. The van der Waals surface area contributed by atoms with Gasteiger partial charge in [-0.2, -0.15) is 0 Å². The number of phenols is 1. The second-order valence-corrected chi connectivity index (χ2v) is 4.47. The van der Waals surface area contributed by atoms with Crippen LogP contribution in [-0.4, -0.2) is 39.8 Å². The van der Waals surface area contributed by atoms with Gasteiger partial charge in [0.25, 0.3) is 5.91 Å². The van der Waals surface area contributed by atoms with Gasteiger partial charge >= 0.3 is 5.97 Å². The fourth-order valence-electron chi connectivity index (χ4n) is 1.06. The Hall–Kier alpha value is -1.35. The molecule has 1 amide bonds. The van der Waals surface area contributed by atoms with Crippen LogP contribution >= 0.6 is 22.6 Å². The van der Waals surface area contributed by atoms with Crippen molar-refractivity contribution in [3.8, 4) is 5.75 Å². The Morgan fingerprint density at radius 3 is 2.65 bits per heavy atom. The molecule has 4 N–H and O–H groups in total. The van der Waals surface area contributed by atoms with Crippen molar-refractivity contribution in [3.63, 3.8) is 0 Å². The van der Waals surface area contributed by atoms with Crippen LogP contribution < -0.4 is 5.32 Å². The zero-order valence-corrected chi connectivity index (χ0v) is 10.7. The molecule has 1 atom stereocenters. The van der Waals surface area contributed by atoms with E-state index in [1.807, 2.05) is 22.6 Å². The van der Waals surface area contributed by atoms with Crippen molar-refractivity contribution in [1.82, 2.24) is 5.32 Å².